The second-order valence-electron chi connectivity index (χ2n) is 7.91. The maximum absolute atomic E-state index is 13.0. The highest BCUT2D eigenvalue weighted by atomic mass is 16.2. The van der Waals surface area contributed by atoms with Crippen LogP contribution >= 0.6 is 0 Å². The number of carbonyl (C=O) groups excluding carboxylic acids is 2. The average Bonchev–Trinajstić information content (AvgIpc) is 2.81. The van der Waals surface area contributed by atoms with Crippen LogP contribution in [0, 0.1) is 13.8 Å². The summed E-state index contributed by atoms with van der Waals surface area (Å²) in [5.74, 6) is -0.791. The molecule has 0 bridgehead atoms. The van der Waals surface area contributed by atoms with Gasteiger partial charge in [0.05, 0.1) is 5.39 Å². The molecule has 166 valence electrons. The van der Waals surface area contributed by atoms with Gasteiger partial charge in [-0.25, -0.2) is 4.98 Å². The van der Waals surface area contributed by atoms with Crippen LogP contribution in [-0.2, 0) is 17.9 Å². The predicted octanol–water partition coefficient (Wildman–Crippen LogP) is 3.58. The van der Waals surface area contributed by atoms with Gasteiger partial charge in [-0.2, -0.15) is 0 Å². The van der Waals surface area contributed by atoms with Crippen LogP contribution < -0.4 is 16.1 Å². The largest absolute Gasteiger partial charge is 0.350 e. The van der Waals surface area contributed by atoms with E-state index in [1.807, 2.05) is 44.2 Å². The van der Waals surface area contributed by atoms with E-state index in [1.54, 1.807) is 41.0 Å². The van der Waals surface area contributed by atoms with Crippen molar-refractivity contribution in [2.75, 3.05) is 5.32 Å². The Morgan fingerprint density at radius 3 is 2.39 bits per heavy atom. The van der Waals surface area contributed by atoms with Crippen LogP contribution in [0.2, 0.25) is 0 Å². The summed E-state index contributed by atoms with van der Waals surface area (Å²) in [4.78, 5) is 43.1. The van der Waals surface area contributed by atoms with Gasteiger partial charge in [-0.1, -0.05) is 48.0 Å². The van der Waals surface area contributed by atoms with Gasteiger partial charge in [0.2, 0.25) is 11.3 Å². The maximum Gasteiger partial charge on any atom is 0.261 e. The van der Waals surface area contributed by atoms with Gasteiger partial charge in [-0.15, -0.1) is 0 Å². The first-order chi connectivity index (χ1) is 15.9. The fourth-order valence-electron chi connectivity index (χ4n) is 3.48. The SMILES string of the molecule is Cc1ccc(CNC(=O)Cn2cc(C(=O)Nc3ccccc3)c(=O)c3ccc(C)nc32)cc1. The first-order valence-corrected chi connectivity index (χ1v) is 10.6. The second-order valence-corrected chi connectivity index (χ2v) is 7.91. The van der Waals surface area contributed by atoms with Crippen molar-refractivity contribution >= 4 is 28.5 Å². The van der Waals surface area contributed by atoms with Crippen molar-refractivity contribution in [1.29, 1.82) is 0 Å². The summed E-state index contributed by atoms with van der Waals surface area (Å²) in [7, 11) is 0. The lowest BCUT2D eigenvalue weighted by Gasteiger charge is -2.14. The molecule has 0 aliphatic heterocycles. The van der Waals surface area contributed by atoms with E-state index >= 15 is 0 Å². The number of rotatable bonds is 6. The van der Waals surface area contributed by atoms with Crippen molar-refractivity contribution in [2.45, 2.75) is 26.9 Å². The molecule has 0 fully saturated rings. The van der Waals surface area contributed by atoms with Crippen molar-refractivity contribution in [1.82, 2.24) is 14.9 Å². The van der Waals surface area contributed by atoms with Crippen LogP contribution in [0.4, 0.5) is 5.69 Å². The molecule has 0 saturated carbocycles. The lowest BCUT2D eigenvalue weighted by atomic mass is 10.1. The molecule has 0 radical (unpaired) electrons. The summed E-state index contributed by atoms with van der Waals surface area (Å²) in [6, 6.07) is 20.1. The molecule has 0 saturated heterocycles. The van der Waals surface area contributed by atoms with Crippen molar-refractivity contribution < 1.29 is 9.59 Å². The first-order valence-electron chi connectivity index (χ1n) is 10.6. The monoisotopic (exact) mass is 440 g/mol. The topological polar surface area (TPSA) is 93.1 Å². The van der Waals surface area contributed by atoms with Gasteiger partial charge < -0.3 is 15.2 Å². The highest BCUT2D eigenvalue weighted by molar-refractivity contribution is 6.05. The third-order valence-electron chi connectivity index (χ3n) is 5.26. The molecule has 0 spiro atoms. The Morgan fingerprint density at radius 1 is 0.939 bits per heavy atom. The van der Waals surface area contributed by atoms with E-state index in [9.17, 15) is 14.4 Å². The van der Waals surface area contributed by atoms with Gasteiger partial charge in [-0.05, 0) is 43.7 Å². The summed E-state index contributed by atoms with van der Waals surface area (Å²) >= 11 is 0. The molecule has 4 rings (SSSR count). The lowest BCUT2D eigenvalue weighted by Crippen LogP contribution is -2.30. The Balaban J connectivity index is 1.63. The molecule has 0 unspecified atom stereocenters. The van der Waals surface area contributed by atoms with Gasteiger partial charge in [0.15, 0.2) is 0 Å². The quantitative estimate of drug-likeness (QED) is 0.479. The van der Waals surface area contributed by atoms with Crippen molar-refractivity contribution in [3.63, 3.8) is 0 Å². The number of aromatic nitrogens is 2. The van der Waals surface area contributed by atoms with Crippen LogP contribution in [0.3, 0.4) is 0 Å². The summed E-state index contributed by atoms with van der Waals surface area (Å²) in [5, 5.41) is 5.90. The molecule has 33 heavy (non-hydrogen) atoms. The van der Waals surface area contributed by atoms with E-state index < -0.39 is 11.3 Å². The smallest absolute Gasteiger partial charge is 0.261 e. The minimum Gasteiger partial charge on any atom is -0.350 e. The van der Waals surface area contributed by atoms with Crippen molar-refractivity contribution in [3.05, 3.63) is 106 Å². The third kappa shape index (κ3) is 5.15. The first kappa shape index (κ1) is 22.0. The summed E-state index contributed by atoms with van der Waals surface area (Å²) in [6.45, 7) is 4.11. The number of benzene rings is 2. The molecule has 7 heteroatoms. The van der Waals surface area contributed by atoms with E-state index in [0.717, 1.165) is 11.1 Å². The highest BCUT2D eigenvalue weighted by Crippen LogP contribution is 2.13. The number of carbonyl (C=O) groups is 2. The van der Waals surface area contributed by atoms with E-state index in [4.69, 9.17) is 0 Å². The molecule has 2 N–H and O–H groups in total. The standard InChI is InChI=1S/C26H24N4O3/c1-17-8-11-19(12-9-17)14-27-23(31)16-30-15-22(26(33)29-20-6-4-3-5-7-20)24(32)21-13-10-18(2)28-25(21)30/h3-13,15H,14,16H2,1-2H3,(H,27,31)(H,29,33). The van der Waals surface area contributed by atoms with E-state index in [0.29, 0.717) is 23.6 Å². The number of hydrogen-bond acceptors (Lipinski definition) is 4. The number of aryl methyl sites for hydroxylation is 2. The van der Waals surface area contributed by atoms with Gasteiger partial charge in [0.1, 0.15) is 17.8 Å². The molecular weight excluding hydrogens is 416 g/mol. The molecule has 4 aromatic rings. The van der Waals surface area contributed by atoms with Crippen molar-refractivity contribution in [3.8, 4) is 0 Å². The number of nitrogens with zero attached hydrogens (tertiary/aromatic N) is 2. The predicted molar refractivity (Wildman–Crippen MR) is 128 cm³/mol. The second kappa shape index (κ2) is 9.48. The van der Waals surface area contributed by atoms with Gasteiger partial charge in [-0.3, -0.25) is 14.4 Å². The summed E-state index contributed by atoms with van der Waals surface area (Å²) in [5.41, 5.74) is 3.29. The molecule has 2 aromatic heterocycles. The minimum absolute atomic E-state index is 0.0525. The Morgan fingerprint density at radius 2 is 1.67 bits per heavy atom. The van der Waals surface area contributed by atoms with Gasteiger partial charge >= 0.3 is 0 Å². The number of nitrogens with one attached hydrogen (secondary N) is 2. The zero-order valence-electron chi connectivity index (χ0n) is 18.5. The molecule has 7 nitrogen and oxygen atoms in total. The van der Waals surface area contributed by atoms with Crippen LogP contribution in [0.15, 0.2) is 77.7 Å². The number of hydrogen-bond donors (Lipinski definition) is 2. The van der Waals surface area contributed by atoms with E-state index in [-0.39, 0.29) is 23.4 Å². The normalized spacial score (nSPS) is 10.7. The molecule has 0 aliphatic carbocycles. The van der Waals surface area contributed by atoms with Crippen LogP contribution in [-0.4, -0.2) is 21.4 Å². The Kier molecular flexibility index (Phi) is 6.31. The van der Waals surface area contributed by atoms with Gasteiger partial charge in [0, 0.05) is 24.1 Å². The fourth-order valence-corrected chi connectivity index (χ4v) is 3.48. The van der Waals surface area contributed by atoms with Crippen LogP contribution in [0.25, 0.3) is 11.0 Å². The molecule has 2 heterocycles. The number of anilines is 1. The Bertz CT molecular complexity index is 1380. The summed E-state index contributed by atoms with van der Waals surface area (Å²) in [6.07, 6.45) is 1.40. The Hall–Kier alpha value is -4.26. The maximum atomic E-state index is 13.0. The average molecular weight is 441 g/mol. The molecule has 2 aromatic carbocycles. The highest BCUT2D eigenvalue weighted by Gasteiger charge is 2.18. The van der Waals surface area contributed by atoms with Crippen LogP contribution in [0.5, 0.6) is 0 Å². The third-order valence-corrected chi connectivity index (χ3v) is 5.26. The van der Waals surface area contributed by atoms with Gasteiger partial charge in [0.25, 0.3) is 5.91 Å². The zero-order valence-corrected chi connectivity index (χ0v) is 18.5. The van der Waals surface area contributed by atoms with E-state index in [2.05, 4.69) is 15.6 Å². The summed E-state index contributed by atoms with van der Waals surface area (Å²) < 4.78 is 1.55. The number of pyridine rings is 2. The van der Waals surface area contributed by atoms with Crippen LogP contribution in [0.1, 0.15) is 27.2 Å². The lowest BCUT2D eigenvalue weighted by molar-refractivity contribution is -0.121. The number of para-hydroxylation sites is 1. The number of fused-ring (bicyclic) bond motifs is 1. The number of amides is 2. The molecule has 2 amide bonds. The fraction of sp³-hybridized carbons (Fsp3) is 0.154. The Labute approximate surface area is 191 Å². The van der Waals surface area contributed by atoms with E-state index in [1.165, 1.54) is 6.20 Å². The molecule has 0 aliphatic rings. The molecular formula is C26H24N4O3. The molecule has 0 atom stereocenters. The minimum atomic E-state index is -0.539. The van der Waals surface area contributed by atoms with Crippen molar-refractivity contribution in [2.24, 2.45) is 0 Å². The zero-order chi connectivity index (χ0) is 23.4.